The van der Waals surface area contributed by atoms with Gasteiger partial charge in [-0.05, 0) is 30.9 Å². The number of rotatable bonds is 6. The van der Waals surface area contributed by atoms with Crippen molar-refractivity contribution in [1.82, 2.24) is 19.9 Å². The third-order valence-corrected chi connectivity index (χ3v) is 5.72. The SMILES string of the molecule is Cc1cc(N2CCCC2)n2nc(-c3ccc(CNCc4ccccc4)cc3)cc2n1. The molecule has 1 N–H and O–H groups in total. The van der Waals surface area contributed by atoms with Crippen LogP contribution in [0.15, 0.2) is 66.7 Å². The highest BCUT2D eigenvalue weighted by molar-refractivity contribution is 5.66. The molecule has 1 saturated heterocycles. The zero-order valence-corrected chi connectivity index (χ0v) is 17.4. The molecule has 5 nitrogen and oxygen atoms in total. The average molecular weight is 398 g/mol. The first-order chi connectivity index (χ1) is 14.8. The zero-order valence-electron chi connectivity index (χ0n) is 17.4. The standard InChI is InChI=1S/C25H27N5/c1-19-15-25(29-13-5-6-14-29)30-24(27-19)16-23(28-30)22-11-9-21(10-12-22)18-26-17-20-7-3-2-4-8-20/h2-4,7-12,15-16,26H,5-6,13-14,17-18H2,1H3. The van der Waals surface area contributed by atoms with Gasteiger partial charge in [-0.3, -0.25) is 0 Å². The second-order valence-corrected chi connectivity index (χ2v) is 8.04. The highest BCUT2D eigenvalue weighted by Crippen LogP contribution is 2.26. The molecule has 1 aliphatic heterocycles. The van der Waals surface area contributed by atoms with Gasteiger partial charge in [0, 0.05) is 49.6 Å². The summed E-state index contributed by atoms with van der Waals surface area (Å²) in [5, 5.41) is 8.41. The van der Waals surface area contributed by atoms with Crippen LogP contribution in [0.25, 0.3) is 16.9 Å². The van der Waals surface area contributed by atoms with Crippen LogP contribution in [-0.4, -0.2) is 27.7 Å². The second kappa shape index (κ2) is 8.28. The lowest BCUT2D eigenvalue weighted by Gasteiger charge is -2.18. The molecule has 0 unspecified atom stereocenters. The lowest BCUT2D eigenvalue weighted by molar-refractivity contribution is 0.693. The lowest BCUT2D eigenvalue weighted by atomic mass is 10.1. The van der Waals surface area contributed by atoms with Crippen molar-refractivity contribution in [3.8, 4) is 11.3 Å². The number of fused-ring (bicyclic) bond motifs is 1. The highest BCUT2D eigenvalue weighted by Gasteiger charge is 2.18. The molecule has 0 amide bonds. The summed E-state index contributed by atoms with van der Waals surface area (Å²) in [5.41, 5.74) is 6.62. The van der Waals surface area contributed by atoms with Crippen molar-refractivity contribution in [2.45, 2.75) is 32.9 Å². The van der Waals surface area contributed by atoms with E-state index in [9.17, 15) is 0 Å². The van der Waals surface area contributed by atoms with E-state index in [0.717, 1.165) is 54.6 Å². The van der Waals surface area contributed by atoms with E-state index in [4.69, 9.17) is 10.1 Å². The number of aryl methyl sites for hydroxylation is 1. The Labute approximate surface area is 177 Å². The molecule has 0 atom stereocenters. The molecule has 0 aliphatic carbocycles. The summed E-state index contributed by atoms with van der Waals surface area (Å²) in [4.78, 5) is 7.12. The van der Waals surface area contributed by atoms with Gasteiger partial charge < -0.3 is 10.2 Å². The highest BCUT2D eigenvalue weighted by atomic mass is 15.4. The Bertz CT molecular complexity index is 1130. The largest absolute Gasteiger partial charge is 0.356 e. The van der Waals surface area contributed by atoms with Gasteiger partial charge in [0.2, 0.25) is 0 Å². The van der Waals surface area contributed by atoms with Crippen molar-refractivity contribution in [2.24, 2.45) is 0 Å². The minimum Gasteiger partial charge on any atom is -0.356 e. The Balaban J connectivity index is 1.33. The molecule has 5 heteroatoms. The number of aromatic nitrogens is 3. The van der Waals surface area contributed by atoms with Gasteiger partial charge in [0.05, 0.1) is 5.69 Å². The molecule has 5 rings (SSSR count). The number of nitrogens with zero attached hydrogens (tertiary/aromatic N) is 4. The summed E-state index contributed by atoms with van der Waals surface area (Å²) in [6, 6.07) is 23.4. The fourth-order valence-corrected chi connectivity index (χ4v) is 4.13. The van der Waals surface area contributed by atoms with E-state index in [1.54, 1.807) is 0 Å². The molecule has 30 heavy (non-hydrogen) atoms. The summed E-state index contributed by atoms with van der Waals surface area (Å²) in [5.74, 6) is 1.16. The van der Waals surface area contributed by atoms with Gasteiger partial charge in [-0.2, -0.15) is 9.61 Å². The maximum atomic E-state index is 4.90. The summed E-state index contributed by atoms with van der Waals surface area (Å²) in [7, 11) is 0. The quantitative estimate of drug-likeness (QED) is 0.517. The Morgan fingerprint density at radius 3 is 2.30 bits per heavy atom. The van der Waals surface area contributed by atoms with Crippen LogP contribution in [0.1, 0.15) is 29.7 Å². The van der Waals surface area contributed by atoms with Gasteiger partial charge in [-0.25, -0.2) is 4.98 Å². The summed E-state index contributed by atoms with van der Waals surface area (Å²) in [6.07, 6.45) is 2.49. The minimum atomic E-state index is 0.847. The fraction of sp³-hybridized carbons (Fsp3) is 0.280. The van der Waals surface area contributed by atoms with Crippen LogP contribution in [0, 0.1) is 6.92 Å². The van der Waals surface area contributed by atoms with E-state index in [2.05, 4.69) is 77.8 Å². The average Bonchev–Trinajstić information content (AvgIpc) is 3.45. The smallest absolute Gasteiger partial charge is 0.158 e. The Morgan fingerprint density at radius 1 is 0.867 bits per heavy atom. The zero-order chi connectivity index (χ0) is 20.3. The van der Waals surface area contributed by atoms with Crippen LogP contribution < -0.4 is 10.2 Å². The molecule has 0 saturated carbocycles. The first-order valence-corrected chi connectivity index (χ1v) is 10.7. The Kier molecular flexibility index (Phi) is 5.20. The van der Waals surface area contributed by atoms with Gasteiger partial charge in [0.25, 0.3) is 0 Å². The van der Waals surface area contributed by atoms with Crippen molar-refractivity contribution >= 4 is 11.5 Å². The number of benzene rings is 2. The number of hydrogen-bond acceptors (Lipinski definition) is 4. The molecule has 0 bridgehead atoms. The van der Waals surface area contributed by atoms with Crippen LogP contribution >= 0.6 is 0 Å². The van der Waals surface area contributed by atoms with E-state index < -0.39 is 0 Å². The van der Waals surface area contributed by atoms with Crippen LogP contribution in [0.2, 0.25) is 0 Å². The second-order valence-electron chi connectivity index (χ2n) is 8.04. The predicted octanol–water partition coefficient (Wildman–Crippen LogP) is 4.59. The maximum absolute atomic E-state index is 4.90. The minimum absolute atomic E-state index is 0.847. The molecule has 0 spiro atoms. The molecular formula is C25H27N5. The molecular weight excluding hydrogens is 370 g/mol. The molecule has 1 fully saturated rings. The molecule has 0 radical (unpaired) electrons. The van der Waals surface area contributed by atoms with E-state index in [1.165, 1.54) is 24.0 Å². The van der Waals surface area contributed by atoms with Gasteiger partial charge >= 0.3 is 0 Å². The van der Waals surface area contributed by atoms with Crippen molar-refractivity contribution < 1.29 is 0 Å². The topological polar surface area (TPSA) is 45.5 Å². The molecule has 1 aliphatic rings. The van der Waals surface area contributed by atoms with Gasteiger partial charge in [-0.15, -0.1) is 0 Å². The lowest BCUT2D eigenvalue weighted by Crippen LogP contribution is -2.21. The molecule has 2 aromatic heterocycles. The maximum Gasteiger partial charge on any atom is 0.158 e. The van der Waals surface area contributed by atoms with E-state index >= 15 is 0 Å². The van der Waals surface area contributed by atoms with E-state index in [0.29, 0.717) is 0 Å². The van der Waals surface area contributed by atoms with Gasteiger partial charge in [0.1, 0.15) is 5.82 Å². The van der Waals surface area contributed by atoms with Gasteiger partial charge in [-0.1, -0.05) is 54.6 Å². The van der Waals surface area contributed by atoms with Crippen molar-refractivity contribution in [2.75, 3.05) is 18.0 Å². The number of anilines is 1. The summed E-state index contributed by atoms with van der Waals surface area (Å²) in [6.45, 7) is 5.97. The van der Waals surface area contributed by atoms with E-state index in [1.807, 2.05) is 10.6 Å². The Morgan fingerprint density at radius 2 is 1.57 bits per heavy atom. The first-order valence-electron chi connectivity index (χ1n) is 10.7. The van der Waals surface area contributed by atoms with Crippen LogP contribution in [0.5, 0.6) is 0 Å². The molecule has 3 heterocycles. The fourth-order valence-electron chi connectivity index (χ4n) is 4.13. The summed E-state index contributed by atoms with van der Waals surface area (Å²) >= 11 is 0. The third-order valence-electron chi connectivity index (χ3n) is 5.72. The van der Waals surface area contributed by atoms with Crippen LogP contribution in [0.4, 0.5) is 5.82 Å². The Hall–Kier alpha value is -3.18. The monoisotopic (exact) mass is 397 g/mol. The van der Waals surface area contributed by atoms with Crippen molar-refractivity contribution in [3.05, 3.63) is 83.6 Å². The van der Waals surface area contributed by atoms with Crippen molar-refractivity contribution in [1.29, 1.82) is 0 Å². The van der Waals surface area contributed by atoms with Crippen molar-refractivity contribution in [3.63, 3.8) is 0 Å². The molecule has 2 aromatic carbocycles. The van der Waals surface area contributed by atoms with Gasteiger partial charge in [0.15, 0.2) is 5.65 Å². The summed E-state index contributed by atoms with van der Waals surface area (Å²) < 4.78 is 2.00. The normalized spacial score (nSPS) is 14.0. The molecule has 4 aromatic rings. The van der Waals surface area contributed by atoms with Crippen LogP contribution in [-0.2, 0) is 13.1 Å². The number of hydrogen-bond donors (Lipinski definition) is 1. The van der Waals surface area contributed by atoms with Crippen LogP contribution in [0.3, 0.4) is 0 Å². The first kappa shape index (κ1) is 18.8. The molecule has 152 valence electrons. The number of nitrogens with one attached hydrogen (secondary N) is 1. The van der Waals surface area contributed by atoms with E-state index in [-0.39, 0.29) is 0 Å². The third kappa shape index (κ3) is 3.94. The predicted molar refractivity (Wildman–Crippen MR) is 122 cm³/mol.